The fourth-order valence-corrected chi connectivity index (χ4v) is 3.27. The Morgan fingerprint density at radius 2 is 2.00 bits per heavy atom. The standard InChI is InChI=1S/C20H20N4O3S/c1-14-5-2-3-6-15(14)8-9-21-18(26)16-7-4-11-24(19(16)27)13-17(25)23-20-22-10-12-28-20/h2-7,10-12H,8-9,13H2,1H3,(H,21,26)(H,22,23,25). The number of thiazole rings is 1. The van der Waals surface area contributed by atoms with Crippen LogP contribution in [0.25, 0.3) is 0 Å². The molecule has 0 radical (unpaired) electrons. The second-order valence-corrected chi connectivity index (χ2v) is 7.07. The van der Waals surface area contributed by atoms with Crippen molar-refractivity contribution in [3.63, 3.8) is 0 Å². The molecule has 1 aromatic carbocycles. The van der Waals surface area contributed by atoms with Gasteiger partial charge in [0.15, 0.2) is 5.13 Å². The highest BCUT2D eigenvalue weighted by Crippen LogP contribution is 2.10. The first-order valence-corrected chi connectivity index (χ1v) is 9.64. The summed E-state index contributed by atoms with van der Waals surface area (Å²) in [5.41, 5.74) is 1.80. The van der Waals surface area contributed by atoms with Crippen LogP contribution in [0.1, 0.15) is 21.5 Å². The molecule has 0 unspecified atom stereocenters. The zero-order valence-electron chi connectivity index (χ0n) is 15.3. The average Bonchev–Trinajstić information content (AvgIpc) is 3.18. The van der Waals surface area contributed by atoms with Crippen molar-refractivity contribution in [3.8, 4) is 0 Å². The van der Waals surface area contributed by atoms with Crippen molar-refractivity contribution in [1.29, 1.82) is 0 Å². The number of nitrogens with one attached hydrogen (secondary N) is 2. The summed E-state index contributed by atoms with van der Waals surface area (Å²) in [7, 11) is 0. The lowest BCUT2D eigenvalue weighted by Crippen LogP contribution is -2.35. The minimum absolute atomic E-state index is 0.00864. The molecule has 0 fully saturated rings. The summed E-state index contributed by atoms with van der Waals surface area (Å²) in [4.78, 5) is 41.0. The first-order chi connectivity index (χ1) is 13.5. The number of aromatic nitrogens is 2. The van der Waals surface area contributed by atoms with E-state index in [1.165, 1.54) is 28.2 Å². The molecule has 3 rings (SSSR count). The fraction of sp³-hybridized carbons (Fsp3) is 0.200. The van der Waals surface area contributed by atoms with Crippen molar-refractivity contribution in [1.82, 2.24) is 14.9 Å². The SMILES string of the molecule is Cc1ccccc1CCNC(=O)c1cccn(CC(=O)Nc2nccs2)c1=O. The fourth-order valence-electron chi connectivity index (χ4n) is 2.73. The summed E-state index contributed by atoms with van der Waals surface area (Å²) in [6.07, 6.45) is 3.73. The zero-order valence-corrected chi connectivity index (χ0v) is 16.2. The summed E-state index contributed by atoms with van der Waals surface area (Å²) in [5, 5.41) is 7.58. The minimum Gasteiger partial charge on any atom is -0.352 e. The van der Waals surface area contributed by atoms with Crippen LogP contribution in [0, 0.1) is 6.92 Å². The molecule has 0 saturated heterocycles. The van der Waals surface area contributed by atoms with Gasteiger partial charge in [-0.1, -0.05) is 24.3 Å². The van der Waals surface area contributed by atoms with Crippen LogP contribution in [0.5, 0.6) is 0 Å². The molecule has 0 atom stereocenters. The first kappa shape index (κ1) is 19.5. The number of carbonyl (C=O) groups excluding carboxylic acids is 2. The molecule has 0 aliphatic heterocycles. The lowest BCUT2D eigenvalue weighted by atomic mass is 10.1. The highest BCUT2D eigenvalue weighted by atomic mass is 32.1. The average molecular weight is 396 g/mol. The van der Waals surface area contributed by atoms with Crippen molar-refractivity contribution in [2.75, 3.05) is 11.9 Å². The van der Waals surface area contributed by atoms with E-state index < -0.39 is 11.5 Å². The number of aryl methyl sites for hydroxylation is 1. The number of amides is 2. The molecule has 2 heterocycles. The zero-order chi connectivity index (χ0) is 19.9. The smallest absolute Gasteiger partial charge is 0.263 e. The summed E-state index contributed by atoms with van der Waals surface area (Å²) >= 11 is 1.29. The van der Waals surface area contributed by atoms with Gasteiger partial charge in [-0.2, -0.15) is 0 Å². The van der Waals surface area contributed by atoms with E-state index >= 15 is 0 Å². The first-order valence-electron chi connectivity index (χ1n) is 8.76. The van der Waals surface area contributed by atoms with E-state index in [-0.39, 0.29) is 18.0 Å². The van der Waals surface area contributed by atoms with Gasteiger partial charge >= 0.3 is 0 Å². The van der Waals surface area contributed by atoms with Gasteiger partial charge in [0, 0.05) is 24.3 Å². The van der Waals surface area contributed by atoms with Crippen LogP contribution >= 0.6 is 11.3 Å². The molecular weight excluding hydrogens is 376 g/mol. The van der Waals surface area contributed by atoms with Gasteiger partial charge in [0.2, 0.25) is 5.91 Å². The van der Waals surface area contributed by atoms with Gasteiger partial charge < -0.3 is 15.2 Å². The molecule has 0 bridgehead atoms. The van der Waals surface area contributed by atoms with Crippen molar-refractivity contribution in [2.45, 2.75) is 19.9 Å². The molecular formula is C20H20N4O3S. The highest BCUT2D eigenvalue weighted by Gasteiger charge is 2.14. The number of carbonyl (C=O) groups is 2. The Balaban J connectivity index is 1.61. The Kier molecular flexibility index (Phi) is 6.33. The Bertz CT molecular complexity index is 1030. The van der Waals surface area contributed by atoms with E-state index in [4.69, 9.17) is 0 Å². The number of rotatable bonds is 7. The van der Waals surface area contributed by atoms with Gasteiger partial charge in [0.25, 0.3) is 11.5 Å². The predicted molar refractivity (Wildman–Crippen MR) is 109 cm³/mol. The third-order valence-corrected chi connectivity index (χ3v) is 4.89. The number of hydrogen-bond acceptors (Lipinski definition) is 5. The monoisotopic (exact) mass is 396 g/mol. The summed E-state index contributed by atoms with van der Waals surface area (Å²) in [5.74, 6) is -0.831. The number of benzene rings is 1. The molecule has 0 saturated carbocycles. The van der Waals surface area contributed by atoms with Gasteiger partial charge in [-0.15, -0.1) is 11.3 Å². The Morgan fingerprint density at radius 3 is 2.75 bits per heavy atom. The quantitative estimate of drug-likeness (QED) is 0.640. The van der Waals surface area contributed by atoms with Crippen LogP contribution in [-0.2, 0) is 17.8 Å². The second-order valence-electron chi connectivity index (χ2n) is 6.17. The number of hydrogen-bond donors (Lipinski definition) is 2. The Labute approximate surface area is 166 Å². The molecule has 28 heavy (non-hydrogen) atoms. The van der Waals surface area contributed by atoms with Crippen LogP contribution in [0.3, 0.4) is 0 Å². The minimum atomic E-state index is -0.509. The molecule has 8 heteroatoms. The van der Waals surface area contributed by atoms with Gasteiger partial charge in [-0.3, -0.25) is 14.4 Å². The van der Waals surface area contributed by atoms with Crippen LogP contribution < -0.4 is 16.2 Å². The predicted octanol–water partition coefficient (Wildman–Crippen LogP) is 2.22. The van der Waals surface area contributed by atoms with Gasteiger partial charge in [-0.25, -0.2) is 4.98 Å². The van der Waals surface area contributed by atoms with Crippen molar-refractivity contribution in [3.05, 3.63) is 81.2 Å². The largest absolute Gasteiger partial charge is 0.352 e. The third-order valence-electron chi connectivity index (χ3n) is 4.20. The molecule has 0 aliphatic carbocycles. The van der Waals surface area contributed by atoms with Crippen molar-refractivity contribution < 1.29 is 9.59 Å². The number of pyridine rings is 1. The molecule has 2 aromatic heterocycles. The molecule has 144 valence electrons. The van der Waals surface area contributed by atoms with Gasteiger partial charge in [-0.05, 0) is 36.6 Å². The van der Waals surface area contributed by atoms with E-state index in [9.17, 15) is 14.4 Å². The van der Waals surface area contributed by atoms with Crippen molar-refractivity contribution in [2.24, 2.45) is 0 Å². The number of anilines is 1. The topological polar surface area (TPSA) is 93.1 Å². The maximum Gasteiger partial charge on any atom is 0.263 e. The van der Waals surface area contributed by atoms with E-state index in [1.54, 1.807) is 17.6 Å². The van der Waals surface area contributed by atoms with E-state index in [0.717, 1.165) is 11.1 Å². The molecule has 3 aromatic rings. The normalized spacial score (nSPS) is 10.5. The summed E-state index contributed by atoms with van der Waals surface area (Å²) < 4.78 is 1.21. The molecule has 0 spiro atoms. The summed E-state index contributed by atoms with van der Waals surface area (Å²) in [6.45, 7) is 2.25. The van der Waals surface area contributed by atoms with Crippen LogP contribution in [0.4, 0.5) is 5.13 Å². The van der Waals surface area contributed by atoms with Crippen molar-refractivity contribution >= 4 is 28.3 Å². The summed E-state index contributed by atoms with van der Waals surface area (Å²) in [6, 6.07) is 11.0. The molecule has 2 amide bonds. The maximum atomic E-state index is 12.5. The third kappa shape index (κ3) is 4.92. The lowest BCUT2D eigenvalue weighted by Gasteiger charge is -2.09. The van der Waals surface area contributed by atoms with Gasteiger partial charge in [0.05, 0.1) is 0 Å². The molecule has 0 aliphatic rings. The molecule has 2 N–H and O–H groups in total. The molecule has 7 nitrogen and oxygen atoms in total. The van der Waals surface area contributed by atoms with Crippen LogP contribution in [0.15, 0.2) is 59.0 Å². The van der Waals surface area contributed by atoms with E-state index in [1.807, 2.05) is 31.2 Å². The number of nitrogens with zero attached hydrogens (tertiary/aromatic N) is 2. The maximum absolute atomic E-state index is 12.5. The highest BCUT2D eigenvalue weighted by molar-refractivity contribution is 7.13. The Morgan fingerprint density at radius 1 is 1.18 bits per heavy atom. The van der Waals surface area contributed by atoms with Gasteiger partial charge in [0.1, 0.15) is 12.1 Å². The Hall–Kier alpha value is -3.26. The van der Waals surface area contributed by atoms with Crippen LogP contribution in [-0.4, -0.2) is 27.9 Å². The van der Waals surface area contributed by atoms with Crippen LogP contribution in [0.2, 0.25) is 0 Å². The van der Waals surface area contributed by atoms with E-state index in [0.29, 0.717) is 18.1 Å². The lowest BCUT2D eigenvalue weighted by molar-refractivity contribution is -0.116. The second kappa shape index (κ2) is 9.09. The van der Waals surface area contributed by atoms with E-state index in [2.05, 4.69) is 15.6 Å².